The van der Waals surface area contributed by atoms with Crippen molar-refractivity contribution in [3.05, 3.63) is 35.9 Å². The highest BCUT2D eigenvalue weighted by atomic mass is 31.2. The summed E-state index contributed by atoms with van der Waals surface area (Å²) < 4.78 is 22.7. The Labute approximate surface area is 114 Å². The van der Waals surface area contributed by atoms with E-state index >= 15 is 0 Å². The number of rotatable bonds is 8. The van der Waals surface area contributed by atoms with Gasteiger partial charge in [-0.3, -0.25) is 9.36 Å². The summed E-state index contributed by atoms with van der Waals surface area (Å²) >= 11 is 0. The van der Waals surface area contributed by atoms with E-state index in [0.717, 1.165) is 18.4 Å². The molecule has 0 aliphatic rings. The molecule has 0 aliphatic heterocycles. The maximum atomic E-state index is 12.6. The van der Waals surface area contributed by atoms with Crippen molar-refractivity contribution >= 4 is 13.3 Å². The van der Waals surface area contributed by atoms with Crippen LogP contribution in [0.1, 0.15) is 25.3 Å². The van der Waals surface area contributed by atoms with Crippen LogP contribution in [0.5, 0.6) is 0 Å². The number of methoxy groups -OCH3 is 1. The van der Waals surface area contributed by atoms with E-state index in [4.69, 9.17) is 4.52 Å². The highest BCUT2D eigenvalue weighted by molar-refractivity contribution is 7.59. The zero-order valence-electron chi connectivity index (χ0n) is 11.5. The molecule has 0 saturated heterocycles. The quantitative estimate of drug-likeness (QED) is 0.542. The molecule has 0 radical (unpaired) electrons. The van der Waals surface area contributed by atoms with Gasteiger partial charge in [0.05, 0.1) is 13.7 Å². The zero-order valence-corrected chi connectivity index (χ0v) is 12.4. The number of carbonyl (C=O) groups excluding carboxylic acids is 1. The average Bonchev–Trinajstić information content (AvgIpc) is 2.44. The number of unbranched alkanes of at least 4 members (excludes halogenated alkanes) is 1. The summed E-state index contributed by atoms with van der Waals surface area (Å²) in [6, 6.07) is 9.52. The van der Waals surface area contributed by atoms with Crippen molar-refractivity contribution < 1.29 is 18.6 Å². The molecule has 0 aromatic heterocycles. The topological polar surface area (TPSA) is 52.6 Å². The monoisotopic (exact) mass is 284 g/mol. The lowest BCUT2D eigenvalue weighted by atomic mass is 10.2. The SMILES string of the molecule is CCCCP(=O)(CC(=O)OC)OCc1ccccc1. The second-order valence-electron chi connectivity index (χ2n) is 4.38. The normalized spacial score (nSPS) is 13.8. The van der Waals surface area contributed by atoms with E-state index in [9.17, 15) is 9.36 Å². The maximum Gasteiger partial charge on any atom is 0.315 e. The maximum absolute atomic E-state index is 12.6. The van der Waals surface area contributed by atoms with Crippen LogP contribution in [0.2, 0.25) is 0 Å². The van der Waals surface area contributed by atoms with Gasteiger partial charge in [-0.2, -0.15) is 0 Å². The van der Waals surface area contributed by atoms with Crippen molar-refractivity contribution in [1.29, 1.82) is 0 Å². The van der Waals surface area contributed by atoms with Gasteiger partial charge < -0.3 is 9.26 Å². The molecule has 0 amide bonds. The molecule has 0 heterocycles. The first kappa shape index (κ1) is 15.9. The Hall–Kier alpha value is -1.12. The smallest absolute Gasteiger partial charge is 0.315 e. The molecule has 1 unspecified atom stereocenters. The number of hydrogen-bond acceptors (Lipinski definition) is 4. The van der Waals surface area contributed by atoms with Gasteiger partial charge in [0.15, 0.2) is 0 Å². The summed E-state index contributed by atoms with van der Waals surface area (Å²) in [5, 5.41) is 0. The van der Waals surface area contributed by atoms with E-state index < -0.39 is 13.3 Å². The molecule has 1 rings (SSSR count). The molecule has 1 aromatic carbocycles. The zero-order chi connectivity index (χ0) is 14.1. The number of hydrogen-bond donors (Lipinski definition) is 0. The lowest BCUT2D eigenvalue weighted by Crippen LogP contribution is -2.11. The van der Waals surface area contributed by atoms with Gasteiger partial charge in [0, 0.05) is 6.16 Å². The second kappa shape index (κ2) is 8.13. The van der Waals surface area contributed by atoms with E-state index in [1.807, 2.05) is 37.3 Å². The van der Waals surface area contributed by atoms with Crippen LogP contribution in [0, 0.1) is 0 Å². The fourth-order valence-corrected chi connectivity index (χ4v) is 3.70. The Balaban J connectivity index is 2.63. The van der Waals surface area contributed by atoms with Crippen LogP contribution in [0.4, 0.5) is 0 Å². The summed E-state index contributed by atoms with van der Waals surface area (Å²) in [6.07, 6.45) is 1.98. The minimum atomic E-state index is -2.95. The Bertz CT molecular complexity index is 430. The van der Waals surface area contributed by atoms with Gasteiger partial charge in [0.1, 0.15) is 6.16 Å². The van der Waals surface area contributed by atoms with E-state index in [1.54, 1.807) is 0 Å². The van der Waals surface area contributed by atoms with Gasteiger partial charge in [-0.25, -0.2) is 0 Å². The molecule has 1 aromatic rings. The third-order valence-corrected chi connectivity index (χ3v) is 5.10. The van der Waals surface area contributed by atoms with Crippen molar-refractivity contribution in [2.45, 2.75) is 26.4 Å². The van der Waals surface area contributed by atoms with Crippen LogP contribution < -0.4 is 0 Å². The van der Waals surface area contributed by atoms with E-state index in [-0.39, 0.29) is 12.8 Å². The molecular weight excluding hydrogens is 263 g/mol. The lowest BCUT2D eigenvalue weighted by Gasteiger charge is -2.17. The summed E-state index contributed by atoms with van der Waals surface area (Å²) in [7, 11) is -1.65. The first-order chi connectivity index (χ1) is 9.09. The fourth-order valence-electron chi connectivity index (χ4n) is 1.62. The molecule has 0 N–H and O–H groups in total. The highest BCUT2D eigenvalue weighted by Crippen LogP contribution is 2.48. The molecule has 0 aliphatic carbocycles. The van der Waals surface area contributed by atoms with E-state index in [0.29, 0.717) is 6.16 Å². The number of benzene rings is 1. The van der Waals surface area contributed by atoms with Crippen LogP contribution in [-0.2, 0) is 25.2 Å². The van der Waals surface area contributed by atoms with Crippen LogP contribution in [0.25, 0.3) is 0 Å². The van der Waals surface area contributed by atoms with Crippen LogP contribution >= 0.6 is 7.37 Å². The second-order valence-corrected chi connectivity index (χ2v) is 7.04. The van der Waals surface area contributed by atoms with Gasteiger partial charge in [-0.05, 0) is 12.0 Å². The van der Waals surface area contributed by atoms with Gasteiger partial charge >= 0.3 is 5.97 Å². The van der Waals surface area contributed by atoms with Crippen LogP contribution in [0.3, 0.4) is 0 Å². The molecule has 19 heavy (non-hydrogen) atoms. The Kier molecular flexibility index (Phi) is 6.82. The van der Waals surface area contributed by atoms with Crippen LogP contribution in [-0.4, -0.2) is 25.4 Å². The van der Waals surface area contributed by atoms with Crippen molar-refractivity contribution in [3.8, 4) is 0 Å². The largest absolute Gasteiger partial charge is 0.469 e. The minimum absolute atomic E-state index is 0.143. The lowest BCUT2D eigenvalue weighted by molar-refractivity contribution is -0.137. The van der Waals surface area contributed by atoms with E-state index in [2.05, 4.69) is 4.74 Å². The Morgan fingerprint density at radius 1 is 1.26 bits per heavy atom. The minimum Gasteiger partial charge on any atom is -0.469 e. The van der Waals surface area contributed by atoms with Gasteiger partial charge in [-0.1, -0.05) is 43.7 Å². The Morgan fingerprint density at radius 2 is 1.95 bits per heavy atom. The van der Waals surface area contributed by atoms with Gasteiger partial charge in [0.25, 0.3) is 0 Å². The molecule has 0 saturated carbocycles. The predicted molar refractivity (Wildman–Crippen MR) is 75.5 cm³/mol. The summed E-state index contributed by atoms with van der Waals surface area (Å²) in [5.74, 6) is -0.479. The molecule has 106 valence electrons. The number of esters is 1. The fraction of sp³-hybridized carbons (Fsp3) is 0.500. The molecule has 4 nitrogen and oxygen atoms in total. The van der Waals surface area contributed by atoms with Crippen molar-refractivity contribution in [1.82, 2.24) is 0 Å². The Morgan fingerprint density at radius 3 is 2.53 bits per heavy atom. The summed E-state index contributed by atoms with van der Waals surface area (Å²) in [6.45, 7) is 2.28. The number of carbonyl (C=O) groups is 1. The highest BCUT2D eigenvalue weighted by Gasteiger charge is 2.27. The van der Waals surface area contributed by atoms with Crippen molar-refractivity contribution in [2.24, 2.45) is 0 Å². The summed E-state index contributed by atoms with van der Waals surface area (Å²) in [4.78, 5) is 11.3. The standard InChI is InChI=1S/C14H21O4P/c1-3-4-10-19(16,12-14(15)17-2)18-11-13-8-6-5-7-9-13/h5-9H,3-4,10-12H2,1-2H3. The van der Waals surface area contributed by atoms with Crippen molar-refractivity contribution in [3.63, 3.8) is 0 Å². The van der Waals surface area contributed by atoms with Crippen LogP contribution in [0.15, 0.2) is 30.3 Å². The molecule has 5 heteroatoms. The first-order valence-electron chi connectivity index (χ1n) is 6.43. The molecular formula is C14H21O4P. The molecule has 0 spiro atoms. The molecule has 0 fully saturated rings. The molecule has 0 bridgehead atoms. The van der Waals surface area contributed by atoms with E-state index in [1.165, 1.54) is 7.11 Å². The average molecular weight is 284 g/mol. The predicted octanol–water partition coefficient (Wildman–Crippen LogP) is 3.45. The molecule has 1 atom stereocenters. The third kappa shape index (κ3) is 6.04. The van der Waals surface area contributed by atoms with Gasteiger partial charge in [-0.15, -0.1) is 0 Å². The third-order valence-electron chi connectivity index (χ3n) is 2.76. The first-order valence-corrected chi connectivity index (χ1v) is 8.42. The van der Waals surface area contributed by atoms with Crippen molar-refractivity contribution in [2.75, 3.05) is 19.4 Å². The summed E-state index contributed by atoms with van der Waals surface area (Å²) in [5.41, 5.74) is 0.948. The number of ether oxygens (including phenoxy) is 1. The van der Waals surface area contributed by atoms with Gasteiger partial charge in [0.2, 0.25) is 7.37 Å².